The van der Waals surface area contributed by atoms with Gasteiger partial charge in [-0.05, 0) is 44.4 Å². The molecule has 0 aliphatic heterocycles. The number of hydrogen-bond acceptors (Lipinski definition) is 3. The summed E-state index contributed by atoms with van der Waals surface area (Å²) in [5.41, 5.74) is 0.621. The first-order valence-corrected chi connectivity index (χ1v) is 9.08. The number of unbranched alkanes of at least 4 members (excludes halogenated alkanes) is 1. The third-order valence-electron chi connectivity index (χ3n) is 3.76. The molecule has 0 aliphatic carbocycles. The molecule has 1 aromatic carbocycles. The van der Waals surface area contributed by atoms with Crippen molar-refractivity contribution in [3.8, 4) is 0 Å². The van der Waals surface area contributed by atoms with Crippen LogP contribution in [0.15, 0.2) is 29.2 Å². The summed E-state index contributed by atoms with van der Waals surface area (Å²) >= 11 is 0. The van der Waals surface area contributed by atoms with E-state index in [1.54, 1.807) is 35.5 Å². The molecular weight excluding hydrogens is 286 g/mol. The van der Waals surface area contributed by atoms with E-state index >= 15 is 0 Å². The largest absolute Gasteiger partial charge is 0.389 e. The molecule has 0 fully saturated rings. The Bertz CT molecular complexity index is 540. The summed E-state index contributed by atoms with van der Waals surface area (Å²) < 4.78 is 27.3. The van der Waals surface area contributed by atoms with Crippen LogP contribution in [0.2, 0.25) is 0 Å². The Balaban J connectivity index is 3.18. The van der Waals surface area contributed by atoms with Gasteiger partial charge in [0.05, 0.1) is 11.0 Å². The summed E-state index contributed by atoms with van der Waals surface area (Å²) in [4.78, 5) is 0.261. The first-order chi connectivity index (χ1) is 9.84. The van der Waals surface area contributed by atoms with E-state index < -0.39 is 16.1 Å². The van der Waals surface area contributed by atoms with Gasteiger partial charge in [-0.15, -0.1) is 0 Å². The van der Waals surface area contributed by atoms with E-state index in [-0.39, 0.29) is 10.9 Å². The van der Waals surface area contributed by atoms with E-state index in [4.69, 9.17) is 0 Å². The summed E-state index contributed by atoms with van der Waals surface area (Å²) in [6, 6.07) is 6.56. The van der Waals surface area contributed by atoms with Crippen molar-refractivity contribution in [2.45, 2.75) is 64.0 Å². The topological polar surface area (TPSA) is 57.6 Å². The van der Waals surface area contributed by atoms with Gasteiger partial charge in [0.1, 0.15) is 0 Å². The van der Waals surface area contributed by atoms with Crippen LogP contribution in [0.1, 0.15) is 58.6 Å². The highest BCUT2D eigenvalue weighted by atomic mass is 32.2. The maximum atomic E-state index is 12.9. The lowest BCUT2D eigenvalue weighted by Gasteiger charge is -2.28. The van der Waals surface area contributed by atoms with Crippen LogP contribution in [0, 0.1) is 0 Å². The van der Waals surface area contributed by atoms with Crippen LogP contribution in [-0.2, 0) is 10.0 Å². The quantitative estimate of drug-likeness (QED) is 0.801. The molecule has 2 unspecified atom stereocenters. The van der Waals surface area contributed by atoms with Crippen LogP contribution in [0.3, 0.4) is 0 Å². The van der Waals surface area contributed by atoms with E-state index in [1.807, 2.05) is 13.8 Å². The fourth-order valence-corrected chi connectivity index (χ4v) is 3.96. The Morgan fingerprint density at radius 3 is 2.43 bits per heavy atom. The van der Waals surface area contributed by atoms with Gasteiger partial charge >= 0.3 is 0 Å². The average Bonchev–Trinajstić information content (AvgIpc) is 2.47. The van der Waals surface area contributed by atoms with Crippen LogP contribution >= 0.6 is 0 Å². The summed E-state index contributed by atoms with van der Waals surface area (Å²) in [5, 5.41) is 9.64. The van der Waals surface area contributed by atoms with Crippen molar-refractivity contribution in [1.82, 2.24) is 4.31 Å². The lowest BCUT2D eigenvalue weighted by atomic mass is 10.1. The standard InChI is InChI=1S/C16H27NO3S/c1-5-7-11-17(13(3)6-2)21(19,20)16-10-8-9-15(12-16)14(4)18/h8-10,12-14,18H,5-7,11H2,1-4H3. The zero-order chi connectivity index (χ0) is 16.0. The van der Waals surface area contributed by atoms with Gasteiger partial charge < -0.3 is 5.11 Å². The van der Waals surface area contributed by atoms with Crippen molar-refractivity contribution < 1.29 is 13.5 Å². The van der Waals surface area contributed by atoms with Crippen molar-refractivity contribution in [2.75, 3.05) is 6.54 Å². The van der Waals surface area contributed by atoms with Crippen molar-refractivity contribution >= 4 is 10.0 Å². The minimum Gasteiger partial charge on any atom is -0.389 e. The van der Waals surface area contributed by atoms with E-state index in [0.29, 0.717) is 12.1 Å². The molecule has 2 atom stereocenters. The number of rotatable bonds is 8. The molecule has 21 heavy (non-hydrogen) atoms. The van der Waals surface area contributed by atoms with E-state index in [0.717, 1.165) is 19.3 Å². The molecule has 1 aromatic rings. The molecule has 0 aromatic heterocycles. The van der Waals surface area contributed by atoms with Gasteiger partial charge in [-0.3, -0.25) is 0 Å². The second kappa shape index (κ2) is 7.92. The van der Waals surface area contributed by atoms with Gasteiger partial charge in [0.2, 0.25) is 10.0 Å². The third-order valence-corrected chi connectivity index (χ3v) is 5.77. The lowest BCUT2D eigenvalue weighted by molar-refractivity contribution is 0.199. The highest BCUT2D eigenvalue weighted by Crippen LogP contribution is 2.23. The molecule has 5 heteroatoms. The average molecular weight is 313 g/mol. The number of hydrogen-bond donors (Lipinski definition) is 1. The minimum absolute atomic E-state index is 0.0308. The molecule has 4 nitrogen and oxygen atoms in total. The van der Waals surface area contributed by atoms with Gasteiger partial charge in [-0.25, -0.2) is 8.42 Å². The monoisotopic (exact) mass is 313 g/mol. The van der Waals surface area contributed by atoms with E-state index in [9.17, 15) is 13.5 Å². The Labute approximate surface area is 128 Å². The maximum Gasteiger partial charge on any atom is 0.243 e. The highest BCUT2D eigenvalue weighted by Gasteiger charge is 2.28. The SMILES string of the molecule is CCCCN(C(C)CC)S(=O)(=O)c1cccc(C(C)O)c1. The Morgan fingerprint density at radius 2 is 1.90 bits per heavy atom. The molecule has 0 spiro atoms. The zero-order valence-corrected chi connectivity index (χ0v) is 14.2. The van der Waals surface area contributed by atoms with E-state index in [1.165, 1.54) is 0 Å². The molecule has 120 valence electrons. The molecule has 0 saturated carbocycles. The second-order valence-corrected chi connectivity index (χ2v) is 7.37. The lowest BCUT2D eigenvalue weighted by Crippen LogP contribution is -2.39. The molecule has 1 rings (SSSR count). The Morgan fingerprint density at radius 1 is 1.24 bits per heavy atom. The van der Waals surface area contributed by atoms with Crippen molar-refractivity contribution in [3.05, 3.63) is 29.8 Å². The summed E-state index contributed by atoms with van der Waals surface area (Å²) in [7, 11) is -3.52. The van der Waals surface area contributed by atoms with Crippen LogP contribution in [-0.4, -0.2) is 30.4 Å². The Kier molecular flexibility index (Phi) is 6.84. The van der Waals surface area contributed by atoms with Gasteiger partial charge in [0, 0.05) is 12.6 Å². The van der Waals surface area contributed by atoms with Crippen LogP contribution in [0.25, 0.3) is 0 Å². The van der Waals surface area contributed by atoms with Crippen molar-refractivity contribution in [2.24, 2.45) is 0 Å². The summed E-state index contributed by atoms with van der Waals surface area (Å²) in [5.74, 6) is 0. The second-order valence-electron chi connectivity index (χ2n) is 5.48. The molecule has 0 bridgehead atoms. The molecule has 1 N–H and O–H groups in total. The molecule has 0 saturated heterocycles. The van der Waals surface area contributed by atoms with Crippen molar-refractivity contribution in [1.29, 1.82) is 0 Å². The number of nitrogens with zero attached hydrogens (tertiary/aromatic N) is 1. The molecule has 0 radical (unpaired) electrons. The zero-order valence-electron chi connectivity index (χ0n) is 13.4. The fourth-order valence-electron chi connectivity index (χ4n) is 2.17. The Hall–Kier alpha value is -0.910. The van der Waals surface area contributed by atoms with Gasteiger partial charge in [0.15, 0.2) is 0 Å². The molecular formula is C16H27NO3S. The van der Waals surface area contributed by atoms with E-state index in [2.05, 4.69) is 6.92 Å². The minimum atomic E-state index is -3.52. The van der Waals surface area contributed by atoms with Gasteiger partial charge in [0.25, 0.3) is 0 Å². The number of aliphatic hydroxyl groups excluding tert-OH is 1. The van der Waals surface area contributed by atoms with Crippen molar-refractivity contribution in [3.63, 3.8) is 0 Å². The van der Waals surface area contributed by atoms with Crippen LogP contribution in [0.5, 0.6) is 0 Å². The normalized spacial score (nSPS) is 15.1. The van der Waals surface area contributed by atoms with Gasteiger partial charge in [-0.1, -0.05) is 32.4 Å². The number of aliphatic hydroxyl groups is 1. The first-order valence-electron chi connectivity index (χ1n) is 7.64. The molecule has 0 heterocycles. The van der Waals surface area contributed by atoms with Crippen LogP contribution < -0.4 is 0 Å². The molecule has 0 aliphatic rings. The maximum absolute atomic E-state index is 12.9. The third kappa shape index (κ3) is 4.53. The molecule has 0 amide bonds. The fraction of sp³-hybridized carbons (Fsp3) is 0.625. The predicted octanol–water partition coefficient (Wildman–Crippen LogP) is 3.33. The predicted molar refractivity (Wildman–Crippen MR) is 85.6 cm³/mol. The van der Waals surface area contributed by atoms with Crippen LogP contribution in [0.4, 0.5) is 0 Å². The smallest absolute Gasteiger partial charge is 0.243 e. The summed E-state index contributed by atoms with van der Waals surface area (Å²) in [6.45, 7) is 8.15. The van der Waals surface area contributed by atoms with Gasteiger partial charge in [-0.2, -0.15) is 4.31 Å². The number of sulfonamides is 1. The summed E-state index contributed by atoms with van der Waals surface area (Å²) in [6.07, 6.45) is 1.90. The number of benzene rings is 1. The highest BCUT2D eigenvalue weighted by molar-refractivity contribution is 7.89. The first kappa shape index (κ1) is 18.1.